The first-order valence-electron chi connectivity index (χ1n) is 9.71. The predicted molar refractivity (Wildman–Crippen MR) is 120 cm³/mol. The Bertz CT molecular complexity index is 1160. The normalized spacial score (nSPS) is 15.2. The molecule has 0 spiro atoms. The molecule has 1 saturated heterocycles. The standard InChI is InChI=1S/C20H25N3O7S2/c1-29-18-5-3-4-17(14-18)23(31(2,25)26)15-20(24)21-16-6-8-19(9-7-16)32(27,28)22-10-12-30-13-11-22/h3-9,14H,10-13,15H2,1-2H3,(H,21,24). The highest BCUT2D eigenvalue weighted by atomic mass is 32.2. The van der Waals surface area contributed by atoms with E-state index >= 15 is 0 Å². The number of rotatable bonds is 8. The highest BCUT2D eigenvalue weighted by Crippen LogP contribution is 2.23. The lowest BCUT2D eigenvalue weighted by Gasteiger charge is -2.26. The number of carbonyl (C=O) groups excluding carboxylic acids is 1. The van der Waals surface area contributed by atoms with E-state index in [0.29, 0.717) is 24.7 Å². The first-order valence-corrected chi connectivity index (χ1v) is 13.0. The minimum absolute atomic E-state index is 0.103. The molecule has 0 atom stereocenters. The summed E-state index contributed by atoms with van der Waals surface area (Å²) in [6.07, 6.45) is 1.01. The highest BCUT2D eigenvalue weighted by molar-refractivity contribution is 7.92. The number of nitrogens with one attached hydrogen (secondary N) is 1. The molecule has 1 amide bonds. The van der Waals surface area contributed by atoms with Gasteiger partial charge in [0.1, 0.15) is 12.3 Å². The van der Waals surface area contributed by atoms with Gasteiger partial charge in [0, 0.05) is 24.8 Å². The van der Waals surface area contributed by atoms with Crippen LogP contribution in [0, 0.1) is 0 Å². The van der Waals surface area contributed by atoms with Crippen molar-refractivity contribution in [3.8, 4) is 5.75 Å². The van der Waals surface area contributed by atoms with Gasteiger partial charge in [0.15, 0.2) is 0 Å². The van der Waals surface area contributed by atoms with Crippen molar-refractivity contribution in [1.82, 2.24) is 4.31 Å². The third-order valence-electron chi connectivity index (χ3n) is 4.77. The van der Waals surface area contributed by atoms with E-state index in [-0.39, 0.29) is 23.7 Å². The summed E-state index contributed by atoms with van der Waals surface area (Å²) in [5.74, 6) is -0.129. The molecule has 174 valence electrons. The number of ether oxygens (including phenoxy) is 2. The number of anilines is 2. The topological polar surface area (TPSA) is 122 Å². The van der Waals surface area contributed by atoms with Crippen LogP contribution in [-0.2, 0) is 29.6 Å². The average molecular weight is 484 g/mol. The number of amides is 1. The third kappa shape index (κ3) is 5.76. The fourth-order valence-electron chi connectivity index (χ4n) is 3.14. The van der Waals surface area contributed by atoms with Gasteiger partial charge in [-0.15, -0.1) is 0 Å². The van der Waals surface area contributed by atoms with Crippen LogP contribution in [0.15, 0.2) is 53.4 Å². The molecular formula is C20H25N3O7S2. The number of nitrogens with zero attached hydrogens (tertiary/aromatic N) is 2. The largest absolute Gasteiger partial charge is 0.497 e. The van der Waals surface area contributed by atoms with Crippen molar-refractivity contribution < 1.29 is 31.1 Å². The lowest BCUT2D eigenvalue weighted by Crippen LogP contribution is -2.40. The van der Waals surface area contributed by atoms with Crippen LogP contribution in [0.2, 0.25) is 0 Å². The zero-order valence-electron chi connectivity index (χ0n) is 17.7. The van der Waals surface area contributed by atoms with Crippen LogP contribution < -0.4 is 14.4 Å². The van der Waals surface area contributed by atoms with Gasteiger partial charge < -0.3 is 14.8 Å². The Labute approximate surface area is 187 Å². The van der Waals surface area contributed by atoms with Crippen LogP contribution >= 0.6 is 0 Å². The maximum Gasteiger partial charge on any atom is 0.245 e. The Kier molecular flexibility index (Phi) is 7.39. The molecule has 0 aromatic heterocycles. The Morgan fingerprint density at radius 1 is 1.09 bits per heavy atom. The van der Waals surface area contributed by atoms with Gasteiger partial charge in [-0.05, 0) is 36.4 Å². The van der Waals surface area contributed by atoms with Gasteiger partial charge in [-0.1, -0.05) is 6.07 Å². The molecule has 1 aliphatic rings. The van der Waals surface area contributed by atoms with Crippen molar-refractivity contribution in [2.75, 3.05) is 55.8 Å². The van der Waals surface area contributed by atoms with Crippen molar-refractivity contribution in [1.29, 1.82) is 0 Å². The molecule has 3 rings (SSSR count). The van der Waals surface area contributed by atoms with Crippen molar-refractivity contribution in [2.24, 2.45) is 0 Å². The molecule has 1 fully saturated rings. The molecule has 12 heteroatoms. The first-order chi connectivity index (χ1) is 15.1. The summed E-state index contributed by atoms with van der Waals surface area (Å²) in [5.41, 5.74) is 0.629. The third-order valence-corrected chi connectivity index (χ3v) is 7.83. The summed E-state index contributed by atoms with van der Waals surface area (Å²) in [4.78, 5) is 12.6. The van der Waals surface area contributed by atoms with Crippen LogP contribution in [0.1, 0.15) is 0 Å². The van der Waals surface area contributed by atoms with E-state index < -0.39 is 32.5 Å². The van der Waals surface area contributed by atoms with Crippen molar-refractivity contribution >= 4 is 37.3 Å². The van der Waals surface area contributed by atoms with Gasteiger partial charge in [-0.25, -0.2) is 16.8 Å². The van der Waals surface area contributed by atoms with E-state index in [1.165, 1.54) is 41.7 Å². The van der Waals surface area contributed by atoms with Gasteiger partial charge in [-0.3, -0.25) is 9.10 Å². The molecule has 1 aliphatic heterocycles. The summed E-state index contributed by atoms with van der Waals surface area (Å²) in [5, 5.41) is 2.60. The predicted octanol–water partition coefficient (Wildman–Crippen LogP) is 1.12. The first kappa shape index (κ1) is 24.0. The van der Waals surface area contributed by atoms with E-state index in [9.17, 15) is 21.6 Å². The summed E-state index contributed by atoms with van der Waals surface area (Å²) >= 11 is 0. The second-order valence-corrected chi connectivity index (χ2v) is 10.9. The lowest BCUT2D eigenvalue weighted by atomic mass is 10.3. The van der Waals surface area contributed by atoms with Crippen LogP contribution in [0.4, 0.5) is 11.4 Å². The van der Waals surface area contributed by atoms with Crippen molar-refractivity contribution in [3.63, 3.8) is 0 Å². The molecule has 1 heterocycles. The molecule has 2 aromatic carbocycles. The summed E-state index contributed by atoms with van der Waals surface area (Å²) < 4.78 is 62.5. The fraction of sp³-hybridized carbons (Fsp3) is 0.350. The quantitative estimate of drug-likeness (QED) is 0.597. The minimum atomic E-state index is -3.75. The van der Waals surface area contributed by atoms with Crippen molar-refractivity contribution in [2.45, 2.75) is 4.90 Å². The van der Waals surface area contributed by atoms with Crippen LogP contribution in [0.25, 0.3) is 0 Å². The van der Waals surface area contributed by atoms with Crippen molar-refractivity contribution in [3.05, 3.63) is 48.5 Å². The summed E-state index contributed by atoms with van der Waals surface area (Å²) in [6.45, 7) is 0.799. The van der Waals surface area contributed by atoms with Gasteiger partial charge >= 0.3 is 0 Å². The fourth-order valence-corrected chi connectivity index (χ4v) is 5.40. The Balaban J connectivity index is 1.71. The van der Waals surface area contributed by atoms with E-state index in [1.54, 1.807) is 18.2 Å². The number of benzene rings is 2. The van der Waals surface area contributed by atoms with E-state index in [2.05, 4.69) is 5.32 Å². The monoisotopic (exact) mass is 483 g/mol. The second kappa shape index (κ2) is 9.86. The molecule has 0 aliphatic carbocycles. The molecule has 0 radical (unpaired) electrons. The molecule has 32 heavy (non-hydrogen) atoms. The molecule has 1 N–H and O–H groups in total. The van der Waals surface area contributed by atoms with E-state index in [0.717, 1.165) is 10.6 Å². The van der Waals surface area contributed by atoms with Gasteiger partial charge in [0.05, 0.1) is 37.2 Å². The van der Waals surface area contributed by atoms with Gasteiger partial charge in [0.25, 0.3) is 0 Å². The zero-order valence-corrected chi connectivity index (χ0v) is 19.4. The van der Waals surface area contributed by atoms with Gasteiger partial charge in [0.2, 0.25) is 26.0 Å². The van der Waals surface area contributed by atoms with Crippen LogP contribution in [0.5, 0.6) is 5.75 Å². The van der Waals surface area contributed by atoms with E-state index in [4.69, 9.17) is 9.47 Å². The maximum absolute atomic E-state index is 12.7. The molecule has 10 nitrogen and oxygen atoms in total. The molecule has 0 saturated carbocycles. The summed E-state index contributed by atoms with van der Waals surface area (Å²) in [6, 6.07) is 12.1. The smallest absolute Gasteiger partial charge is 0.245 e. The SMILES string of the molecule is COc1cccc(N(CC(=O)Nc2ccc(S(=O)(=O)N3CCOCC3)cc2)S(C)(=O)=O)c1. The number of hydrogen-bond acceptors (Lipinski definition) is 7. The Morgan fingerprint density at radius 2 is 1.75 bits per heavy atom. The highest BCUT2D eigenvalue weighted by Gasteiger charge is 2.26. The molecule has 0 unspecified atom stereocenters. The number of sulfonamides is 2. The van der Waals surface area contributed by atoms with Crippen LogP contribution in [-0.4, -0.2) is 73.3 Å². The molecule has 0 bridgehead atoms. The Hall–Kier alpha value is -2.67. The number of methoxy groups -OCH3 is 1. The van der Waals surface area contributed by atoms with E-state index in [1.807, 2.05) is 0 Å². The Morgan fingerprint density at radius 3 is 2.34 bits per heavy atom. The number of carbonyl (C=O) groups is 1. The molecule has 2 aromatic rings. The average Bonchev–Trinajstić information content (AvgIpc) is 2.77. The minimum Gasteiger partial charge on any atom is -0.497 e. The van der Waals surface area contributed by atoms with Gasteiger partial charge in [-0.2, -0.15) is 4.31 Å². The number of morpholine rings is 1. The molecular weight excluding hydrogens is 458 g/mol. The maximum atomic E-state index is 12.7. The summed E-state index contributed by atoms with van der Waals surface area (Å²) in [7, 11) is -5.94. The zero-order chi connectivity index (χ0) is 23.4. The number of hydrogen-bond donors (Lipinski definition) is 1. The lowest BCUT2D eigenvalue weighted by molar-refractivity contribution is -0.114. The second-order valence-electron chi connectivity index (χ2n) is 7.06. The van der Waals surface area contributed by atoms with Crippen LogP contribution in [0.3, 0.4) is 0 Å².